The summed E-state index contributed by atoms with van der Waals surface area (Å²) in [6.07, 6.45) is 1.79. The number of ketones is 2. The average Bonchev–Trinajstić information content (AvgIpc) is 2.80. The Morgan fingerprint density at radius 1 is 0.923 bits per heavy atom. The molecule has 204 valence electrons. The first kappa shape index (κ1) is 27.5. The zero-order valence-corrected chi connectivity index (χ0v) is 23.8. The van der Waals surface area contributed by atoms with E-state index in [2.05, 4.69) is 0 Å². The second kappa shape index (κ2) is 9.83. The van der Waals surface area contributed by atoms with E-state index in [9.17, 15) is 19.5 Å². The number of carbonyl (C=O) groups excluding carboxylic acids is 2. The minimum absolute atomic E-state index is 0.0678. The molecule has 6 nitrogen and oxygen atoms in total. The molecular formula is C31H30Cl2O6. The van der Waals surface area contributed by atoms with Crippen molar-refractivity contribution in [3.63, 3.8) is 0 Å². The molecule has 5 rings (SSSR count). The maximum absolute atomic E-state index is 13.7. The van der Waals surface area contributed by atoms with E-state index < -0.39 is 11.9 Å². The Balaban J connectivity index is 1.63. The molecule has 0 spiro atoms. The molecule has 0 saturated carbocycles. The molecule has 1 aliphatic heterocycles. The van der Waals surface area contributed by atoms with Gasteiger partial charge in [0.1, 0.15) is 23.9 Å². The van der Waals surface area contributed by atoms with Crippen molar-refractivity contribution in [2.24, 2.45) is 10.8 Å². The van der Waals surface area contributed by atoms with Crippen molar-refractivity contribution in [2.45, 2.75) is 65.9 Å². The molecule has 0 saturated heterocycles. The van der Waals surface area contributed by atoms with Crippen LogP contribution in [0.5, 0.6) is 5.75 Å². The zero-order chi connectivity index (χ0) is 28.3. The maximum Gasteiger partial charge on any atom is 0.335 e. The lowest BCUT2D eigenvalue weighted by Gasteiger charge is -2.43. The van der Waals surface area contributed by atoms with Gasteiger partial charge in [-0.1, -0.05) is 63.0 Å². The smallest absolute Gasteiger partial charge is 0.335 e. The second-order valence-electron chi connectivity index (χ2n) is 12.2. The molecule has 8 heteroatoms. The van der Waals surface area contributed by atoms with Gasteiger partial charge in [0.25, 0.3) is 0 Å². The zero-order valence-electron chi connectivity index (χ0n) is 22.3. The van der Waals surface area contributed by atoms with Crippen LogP contribution in [0.2, 0.25) is 10.0 Å². The largest absolute Gasteiger partial charge is 0.487 e. The molecule has 1 heterocycles. The van der Waals surface area contributed by atoms with Gasteiger partial charge in [-0.15, -0.1) is 0 Å². The minimum Gasteiger partial charge on any atom is -0.487 e. The number of Topliss-reactive ketones (excluding diaryl/α,β-unsaturated/α-hetero) is 2. The number of hydrogen-bond donors (Lipinski definition) is 1. The lowest BCUT2D eigenvalue weighted by atomic mass is 9.65. The molecule has 2 aliphatic carbocycles. The molecule has 3 aliphatic rings. The van der Waals surface area contributed by atoms with E-state index in [1.165, 1.54) is 12.1 Å². The Hall–Kier alpha value is -3.09. The highest BCUT2D eigenvalue weighted by atomic mass is 35.5. The van der Waals surface area contributed by atoms with E-state index in [0.717, 1.165) is 5.56 Å². The fourth-order valence-electron chi connectivity index (χ4n) is 5.83. The number of benzene rings is 2. The van der Waals surface area contributed by atoms with Gasteiger partial charge in [0.2, 0.25) is 0 Å². The molecular weight excluding hydrogens is 539 g/mol. The Kier molecular flexibility index (Phi) is 6.92. The van der Waals surface area contributed by atoms with Crippen molar-refractivity contribution < 1.29 is 29.0 Å². The number of halogens is 2. The molecule has 2 aromatic carbocycles. The van der Waals surface area contributed by atoms with Gasteiger partial charge in [-0.3, -0.25) is 9.59 Å². The third-order valence-corrected chi connectivity index (χ3v) is 8.01. The van der Waals surface area contributed by atoms with Gasteiger partial charge in [0, 0.05) is 47.4 Å². The summed E-state index contributed by atoms with van der Waals surface area (Å²) in [5.74, 6) is -0.350. The van der Waals surface area contributed by atoms with Crippen LogP contribution in [0.4, 0.5) is 0 Å². The molecule has 2 aromatic rings. The Labute approximate surface area is 237 Å². The number of ether oxygens (including phenoxy) is 2. The highest BCUT2D eigenvalue weighted by molar-refractivity contribution is 6.35. The van der Waals surface area contributed by atoms with Crippen LogP contribution in [0.3, 0.4) is 0 Å². The minimum atomic E-state index is -1.01. The predicted octanol–water partition coefficient (Wildman–Crippen LogP) is 7.67. The number of aromatic carboxylic acids is 1. The van der Waals surface area contributed by atoms with Crippen molar-refractivity contribution >= 4 is 40.7 Å². The van der Waals surface area contributed by atoms with Crippen LogP contribution in [0.15, 0.2) is 59.1 Å². The first-order valence-corrected chi connectivity index (χ1v) is 13.6. The van der Waals surface area contributed by atoms with Crippen LogP contribution in [0, 0.1) is 10.8 Å². The van der Waals surface area contributed by atoms with Crippen LogP contribution in [-0.4, -0.2) is 22.6 Å². The van der Waals surface area contributed by atoms with Crippen molar-refractivity contribution in [1.82, 2.24) is 0 Å². The normalized spacial score (nSPS) is 20.4. The van der Waals surface area contributed by atoms with E-state index >= 15 is 0 Å². The van der Waals surface area contributed by atoms with Crippen LogP contribution < -0.4 is 4.74 Å². The quantitative estimate of drug-likeness (QED) is 0.398. The average molecular weight is 569 g/mol. The number of hydrogen-bond acceptors (Lipinski definition) is 5. The molecule has 39 heavy (non-hydrogen) atoms. The summed E-state index contributed by atoms with van der Waals surface area (Å²) >= 11 is 13.2. The topological polar surface area (TPSA) is 89.9 Å². The SMILES string of the molecule is CC1(C)CC(=O)C2=C(C1)OC1=C(C(=O)CC(C)(C)C1)C2c1cc(Cl)cc(Cl)c1OCc1ccc(C(=O)O)cc1. The molecule has 0 amide bonds. The summed E-state index contributed by atoms with van der Waals surface area (Å²) < 4.78 is 12.6. The van der Waals surface area contributed by atoms with Crippen LogP contribution in [0.1, 0.15) is 80.8 Å². The second-order valence-corrected chi connectivity index (χ2v) is 13.0. The van der Waals surface area contributed by atoms with Crippen LogP contribution in [-0.2, 0) is 20.9 Å². The van der Waals surface area contributed by atoms with Gasteiger partial charge in [-0.25, -0.2) is 4.79 Å². The van der Waals surface area contributed by atoms with E-state index in [4.69, 9.17) is 32.7 Å². The summed E-state index contributed by atoms with van der Waals surface area (Å²) in [4.78, 5) is 38.5. The first-order valence-electron chi connectivity index (χ1n) is 12.9. The predicted molar refractivity (Wildman–Crippen MR) is 148 cm³/mol. The standard InChI is InChI=1S/C31H30Cl2O6/c1-30(2)11-21(34)26-23(13-30)39-24-14-31(3,4)12-22(35)27(24)25(26)19-9-18(32)10-20(33)28(19)38-15-16-5-7-17(8-6-16)29(36)37/h5-10,25H,11-15H2,1-4H3,(H,36,37). The fourth-order valence-corrected chi connectivity index (χ4v) is 6.40. The van der Waals surface area contributed by atoms with E-state index in [0.29, 0.717) is 64.7 Å². The number of carbonyl (C=O) groups is 3. The molecule has 1 N–H and O–H groups in total. The molecule has 0 atom stereocenters. The molecule has 0 unspecified atom stereocenters. The number of allylic oxidation sites excluding steroid dienone is 4. The van der Waals surface area contributed by atoms with Crippen LogP contribution in [0.25, 0.3) is 0 Å². The van der Waals surface area contributed by atoms with Gasteiger partial charge in [0.15, 0.2) is 11.6 Å². The highest BCUT2D eigenvalue weighted by Gasteiger charge is 2.48. The number of carboxylic acids is 1. The van der Waals surface area contributed by atoms with E-state index in [1.807, 2.05) is 27.7 Å². The van der Waals surface area contributed by atoms with E-state index in [1.54, 1.807) is 24.3 Å². The van der Waals surface area contributed by atoms with Gasteiger partial charge >= 0.3 is 5.97 Å². The Morgan fingerprint density at radius 3 is 1.97 bits per heavy atom. The molecule has 0 radical (unpaired) electrons. The molecule has 0 bridgehead atoms. The third kappa shape index (κ3) is 5.37. The molecule has 0 aromatic heterocycles. The molecule has 0 fully saturated rings. The number of carboxylic acid groups (broad SMARTS) is 1. The monoisotopic (exact) mass is 568 g/mol. The maximum atomic E-state index is 13.7. The number of rotatable bonds is 5. The summed E-state index contributed by atoms with van der Waals surface area (Å²) in [5, 5.41) is 9.80. The van der Waals surface area contributed by atoms with E-state index in [-0.39, 0.29) is 39.6 Å². The first-order chi connectivity index (χ1) is 18.2. The third-order valence-electron chi connectivity index (χ3n) is 7.51. The van der Waals surface area contributed by atoms with Gasteiger partial charge in [0.05, 0.1) is 16.5 Å². The summed E-state index contributed by atoms with van der Waals surface area (Å²) in [6.45, 7) is 8.23. The summed E-state index contributed by atoms with van der Waals surface area (Å²) in [5.41, 5.74) is 1.82. The van der Waals surface area contributed by atoms with Crippen molar-refractivity contribution in [2.75, 3.05) is 0 Å². The van der Waals surface area contributed by atoms with Crippen molar-refractivity contribution in [3.8, 4) is 5.75 Å². The lowest BCUT2D eigenvalue weighted by molar-refractivity contribution is -0.120. The fraction of sp³-hybridized carbons (Fsp3) is 0.387. The van der Waals surface area contributed by atoms with Crippen molar-refractivity contribution in [3.05, 3.63) is 85.8 Å². The summed E-state index contributed by atoms with van der Waals surface area (Å²) in [6, 6.07) is 9.62. The van der Waals surface area contributed by atoms with Gasteiger partial charge < -0.3 is 14.6 Å². The Morgan fingerprint density at radius 2 is 1.46 bits per heavy atom. The summed E-state index contributed by atoms with van der Waals surface area (Å²) in [7, 11) is 0. The van der Waals surface area contributed by atoms with Crippen molar-refractivity contribution in [1.29, 1.82) is 0 Å². The van der Waals surface area contributed by atoms with Gasteiger partial charge in [-0.05, 0) is 40.7 Å². The highest BCUT2D eigenvalue weighted by Crippen LogP contribution is 2.55. The Bertz CT molecular complexity index is 1410. The van der Waals surface area contributed by atoms with Gasteiger partial charge in [-0.2, -0.15) is 0 Å². The van der Waals surface area contributed by atoms with Crippen LogP contribution >= 0.6 is 23.2 Å². The lowest BCUT2D eigenvalue weighted by Crippen LogP contribution is -2.37.